The van der Waals surface area contributed by atoms with Gasteiger partial charge in [0, 0.05) is 19.5 Å². The first-order valence-corrected chi connectivity index (χ1v) is 6.18. The first-order valence-electron chi connectivity index (χ1n) is 6.18. The number of rotatable bonds is 6. The van der Waals surface area contributed by atoms with Crippen molar-refractivity contribution in [2.24, 2.45) is 0 Å². The summed E-state index contributed by atoms with van der Waals surface area (Å²) in [7, 11) is 0. The van der Waals surface area contributed by atoms with E-state index in [1.165, 1.54) is 0 Å². The van der Waals surface area contributed by atoms with Crippen LogP contribution in [0.3, 0.4) is 0 Å². The maximum absolute atomic E-state index is 11.1. The van der Waals surface area contributed by atoms with Crippen LogP contribution in [-0.4, -0.2) is 49.8 Å². The van der Waals surface area contributed by atoms with Crippen molar-refractivity contribution in [2.75, 3.05) is 32.8 Å². The summed E-state index contributed by atoms with van der Waals surface area (Å²) in [6.07, 6.45) is 2.03. The van der Waals surface area contributed by atoms with Crippen molar-refractivity contribution in [3.05, 3.63) is 23.7 Å². The molecule has 1 aliphatic heterocycles. The fourth-order valence-corrected chi connectivity index (χ4v) is 2.00. The minimum atomic E-state index is -0.602. The number of Topliss-reactive ketones (excluding diaryl/α,β-unsaturated/α-hetero) is 1. The lowest BCUT2D eigenvalue weighted by atomic mass is 10.2. The van der Waals surface area contributed by atoms with Crippen molar-refractivity contribution in [3.8, 4) is 0 Å². The Morgan fingerprint density at radius 2 is 2.11 bits per heavy atom. The second-order valence-corrected chi connectivity index (χ2v) is 4.31. The SMILES string of the molecule is O=CC(=O)c1ccc(CCCN2CCOCC2)o1. The summed E-state index contributed by atoms with van der Waals surface area (Å²) in [4.78, 5) is 23.7. The Kier molecular flexibility index (Phi) is 4.66. The highest BCUT2D eigenvalue weighted by atomic mass is 16.5. The van der Waals surface area contributed by atoms with E-state index in [1.807, 2.05) is 0 Å². The lowest BCUT2D eigenvalue weighted by Gasteiger charge is -2.26. The van der Waals surface area contributed by atoms with Gasteiger partial charge < -0.3 is 9.15 Å². The molecule has 0 unspecified atom stereocenters. The Hall–Kier alpha value is -1.46. The molecule has 1 aromatic heterocycles. The minimum absolute atomic E-state index is 0.131. The van der Waals surface area contributed by atoms with Gasteiger partial charge in [-0.05, 0) is 25.1 Å². The van der Waals surface area contributed by atoms with Gasteiger partial charge in [-0.1, -0.05) is 0 Å². The summed E-state index contributed by atoms with van der Waals surface area (Å²) in [5, 5.41) is 0. The highest BCUT2D eigenvalue weighted by molar-refractivity contribution is 6.32. The van der Waals surface area contributed by atoms with Crippen molar-refractivity contribution >= 4 is 12.1 Å². The van der Waals surface area contributed by atoms with Crippen molar-refractivity contribution < 1.29 is 18.7 Å². The molecule has 0 spiro atoms. The van der Waals surface area contributed by atoms with Crippen molar-refractivity contribution in [2.45, 2.75) is 12.8 Å². The van der Waals surface area contributed by atoms with Gasteiger partial charge >= 0.3 is 0 Å². The molecule has 18 heavy (non-hydrogen) atoms. The number of morpholine rings is 1. The molecule has 5 heteroatoms. The van der Waals surface area contributed by atoms with Crippen molar-refractivity contribution in [3.63, 3.8) is 0 Å². The zero-order valence-electron chi connectivity index (χ0n) is 10.3. The van der Waals surface area contributed by atoms with Gasteiger partial charge in [-0.25, -0.2) is 0 Å². The van der Waals surface area contributed by atoms with Crippen LogP contribution >= 0.6 is 0 Å². The third kappa shape index (κ3) is 3.51. The Balaban J connectivity index is 1.74. The summed E-state index contributed by atoms with van der Waals surface area (Å²) >= 11 is 0. The van der Waals surface area contributed by atoms with Gasteiger partial charge in [0.2, 0.25) is 0 Å². The molecule has 2 rings (SSSR count). The van der Waals surface area contributed by atoms with E-state index >= 15 is 0 Å². The van der Waals surface area contributed by atoms with Gasteiger partial charge in [0.05, 0.1) is 13.2 Å². The molecular weight excluding hydrogens is 234 g/mol. The van der Waals surface area contributed by atoms with Crippen LogP contribution in [0.2, 0.25) is 0 Å². The largest absolute Gasteiger partial charge is 0.457 e. The number of ketones is 1. The van der Waals surface area contributed by atoms with Gasteiger partial charge in [-0.3, -0.25) is 14.5 Å². The zero-order chi connectivity index (χ0) is 12.8. The highest BCUT2D eigenvalue weighted by Crippen LogP contribution is 2.11. The number of carbonyl (C=O) groups excluding carboxylic acids is 2. The molecule has 0 saturated carbocycles. The molecule has 0 amide bonds. The first-order chi connectivity index (χ1) is 8.79. The van der Waals surface area contributed by atoms with E-state index in [-0.39, 0.29) is 12.0 Å². The number of aryl methyl sites for hydroxylation is 1. The van der Waals surface area contributed by atoms with E-state index in [1.54, 1.807) is 12.1 Å². The Labute approximate surface area is 106 Å². The molecule has 1 fully saturated rings. The molecular formula is C13H17NO4. The standard InChI is InChI=1S/C13H17NO4/c15-10-12(16)13-4-3-11(18-13)2-1-5-14-6-8-17-9-7-14/h3-4,10H,1-2,5-9H2. The number of carbonyl (C=O) groups is 2. The number of aldehydes is 1. The minimum Gasteiger partial charge on any atom is -0.457 e. The van der Waals surface area contributed by atoms with Gasteiger partial charge in [-0.15, -0.1) is 0 Å². The third-order valence-corrected chi connectivity index (χ3v) is 3.01. The zero-order valence-corrected chi connectivity index (χ0v) is 10.3. The third-order valence-electron chi connectivity index (χ3n) is 3.01. The van der Waals surface area contributed by atoms with E-state index in [0.29, 0.717) is 0 Å². The maximum Gasteiger partial charge on any atom is 0.260 e. The topological polar surface area (TPSA) is 59.8 Å². The summed E-state index contributed by atoms with van der Waals surface area (Å²) in [6, 6.07) is 3.32. The number of nitrogens with zero attached hydrogens (tertiary/aromatic N) is 1. The molecule has 1 aromatic rings. The predicted octanol–water partition coefficient (Wildman–Crippen LogP) is 0.926. The van der Waals surface area contributed by atoms with Crippen LogP contribution in [0, 0.1) is 0 Å². The van der Waals surface area contributed by atoms with Crippen LogP contribution in [0.15, 0.2) is 16.5 Å². The van der Waals surface area contributed by atoms with Crippen molar-refractivity contribution in [1.82, 2.24) is 4.90 Å². The highest BCUT2D eigenvalue weighted by Gasteiger charge is 2.12. The van der Waals surface area contributed by atoms with Crippen LogP contribution in [0.25, 0.3) is 0 Å². The molecule has 98 valence electrons. The lowest BCUT2D eigenvalue weighted by Crippen LogP contribution is -2.36. The molecule has 0 radical (unpaired) electrons. The molecule has 0 bridgehead atoms. The first kappa shape index (κ1) is 13.0. The fourth-order valence-electron chi connectivity index (χ4n) is 2.00. The van der Waals surface area contributed by atoms with Gasteiger partial charge in [0.25, 0.3) is 5.78 Å². The quantitative estimate of drug-likeness (QED) is 0.427. The van der Waals surface area contributed by atoms with Crippen LogP contribution in [0.5, 0.6) is 0 Å². The molecule has 0 atom stereocenters. The van der Waals surface area contributed by atoms with E-state index in [0.717, 1.165) is 51.4 Å². The number of hydrogen-bond acceptors (Lipinski definition) is 5. The summed E-state index contributed by atoms with van der Waals surface area (Å²) in [5.74, 6) is 0.286. The van der Waals surface area contributed by atoms with Crippen LogP contribution in [0.1, 0.15) is 22.7 Å². The molecule has 0 aromatic carbocycles. The second-order valence-electron chi connectivity index (χ2n) is 4.31. The Bertz CT molecular complexity index is 407. The Morgan fingerprint density at radius 1 is 1.33 bits per heavy atom. The number of ether oxygens (including phenoxy) is 1. The predicted molar refractivity (Wildman–Crippen MR) is 64.7 cm³/mol. The van der Waals surface area contributed by atoms with Crippen LogP contribution < -0.4 is 0 Å². The monoisotopic (exact) mass is 251 g/mol. The molecule has 0 N–H and O–H groups in total. The second kappa shape index (κ2) is 6.47. The normalized spacial score (nSPS) is 16.7. The van der Waals surface area contributed by atoms with E-state index in [9.17, 15) is 9.59 Å². The lowest BCUT2D eigenvalue weighted by molar-refractivity contribution is -0.104. The van der Waals surface area contributed by atoms with Gasteiger partial charge in [0.1, 0.15) is 5.76 Å². The van der Waals surface area contributed by atoms with Gasteiger partial charge in [0.15, 0.2) is 12.0 Å². The van der Waals surface area contributed by atoms with E-state index in [4.69, 9.17) is 9.15 Å². The maximum atomic E-state index is 11.1. The average Bonchev–Trinajstić information content (AvgIpc) is 2.88. The molecule has 1 saturated heterocycles. The Morgan fingerprint density at radius 3 is 2.83 bits per heavy atom. The molecule has 2 heterocycles. The van der Waals surface area contributed by atoms with Crippen LogP contribution in [-0.2, 0) is 16.0 Å². The number of hydrogen-bond donors (Lipinski definition) is 0. The summed E-state index contributed by atoms with van der Waals surface area (Å²) < 4.78 is 10.6. The fraction of sp³-hybridized carbons (Fsp3) is 0.538. The summed E-state index contributed by atoms with van der Waals surface area (Å²) in [5.41, 5.74) is 0. The van der Waals surface area contributed by atoms with Crippen LogP contribution in [0.4, 0.5) is 0 Å². The van der Waals surface area contributed by atoms with Crippen molar-refractivity contribution in [1.29, 1.82) is 0 Å². The molecule has 5 nitrogen and oxygen atoms in total. The summed E-state index contributed by atoms with van der Waals surface area (Å²) in [6.45, 7) is 4.57. The van der Waals surface area contributed by atoms with E-state index in [2.05, 4.69) is 4.90 Å². The molecule has 1 aliphatic rings. The van der Waals surface area contributed by atoms with E-state index < -0.39 is 5.78 Å². The average molecular weight is 251 g/mol. The van der Waals surface area contributed by atoms with Gasteiger partial charge in [-0.2, -0.15) is 0 Å². The number of furan rings is 1. The molecule has 0 aliphatic carbocycles. The smallest absolute Gasteiger partial charge is 0.260 e.